The van der Waals surface area contributed by atoms with Crippen LogP contribution in [-0.4, -0.2) is 96.7 Å². The second-order valence-corrected chi connectivity index (χ2v) is 13.6. The number of hydrogen-bond donors (Lipinski definition) is 2. The molecule has 12 nitrogen and oxygen atoms in total. The molecule has 2 N–H and O–H groups in total. The number of carbonyl (C=O) groups is 5. The van der Waals surface area contributed by atoms with Crippen molar-refractivity contribution >= 4 is 29.8 Å². The van der Waals surface area contributed by atoms with E-state index in [0.29, 0.717) is 6.42 Å². The van der Waals surface area contributed by atoms with Crippen LogP contribution in [0.3, 0.4) is 0 Å². The molecule has 1 aromatic carbocycles. The van der Waals surface area contributed by atoms with Crippen molar-refractivity contribution in [3.8, 4) is 0 Å². The molecule has 4 amide bonds. The number of amides is 4. The van der Waals surface area contributed by atoms with E-state index in [2.05, 4.69) is 17.2 Å². The van der Waals surface area contributed by atoms with Gasteiger partial charge in [0.05, 0.1) is 12.7 Å². The number of carbonyl (C=O) groups excluding carboxylic acids is 5. The van der Waals surface area contributed by atoms with Crippen LogP contribution in [0.2, 0.25) is 0 Å². The molecule has 0 aliphatic heterocycles. The smallest absolute Gasteiger partial charge is 0.408 e. The molecule has 47 heavy (non-hydrogen) atoms. The Labute approximate surface area is 280 Å². The lowest BCUT2D eigenvalue weighted by atomic mass is 9.98. The molecule has 0 fully saturated rings. The van der Waals surface area contributed by atoms with Gasteiger partial charge in [0.25, 0.3) is 0 Å². The van der Waals surface area contributed by atoms with Gasteiger partial charge in [0.2, 0.25) is 17.7 Å². The summed E-state index contributed by atoms with van der Waals surface area (Å²) in [6, 6.07) is 6.22. The van der Waals surface area contributed by atoms with Gasteiger partial charge < -0.3 is 34.6 Å². The molecular weight excluding hydrogens is 604 g/mol. The van der Waals surface area contributed by atoms with Crippen LogP contribution in [0.5, 0.6) is 0 Å². The average Bonchev–Trinajstić information content (AvgIpc) is 2.97. The number of alkyl carbamates (subject to hydrolysis) is 1. The molecule has 1 aromatic rings. The summed E-state index contributed by atoms with van der Waals surface area (Å²) in [5.74, 6) is -2.22. The lowest BCUT2D eigenvalue weighted by Gasteiger charge is -2.35. The SMILES string of the molecule is C=CCOC(=O)CN(C)C(=O)[C@@H](NC(=O)[C@H](CC(C)C)N(C)C(=O)[C@H](CC(C)C)NC(=O)OC(C)(C)C)[C@@H](C)OCc1ccccc1. The highest BCUT2D eigenvalue weighted by Crippen LogP contribution is 2.17. The van der Waals surface area contributed by atoms with Gasteiger partial charge in [0, 0.05) is 14.1 Å². The fourth-order valence-electron chi connectivity index (χ4n) is 4.66. The average molecular weight is 661 g/mol. The molecule has 0 heterocycles. The van der Waals surface area contributed by atoms with E-state index in [-0.39, 0.29) is 38.0 Å². The van der Waals surface area contributed by atoms with Crippen molar-refractivity contribution in [2.24, 2.45) is 11.8 Å². The number of rotatable bonds is 18. The van der Waals surface area contributed by atoms with E-state index in [0.717, 1.165) is 10.5 Å². The van der Waals surface area contributed by atoms with Crippen molar-refractivity contribution in [3.63, 3.8) is 0 Å². The molecule has 0 unspecified atom stereocenters. The minimum Gasteiger partial charge on any atom is -0.460 e. The van der Waals surface area contributed by atoms with Crippen LogP contribution < -0.4 is 10.6 Å². The Morgan fingerprint density at radius 3 is 2.02 bits per heavy atom. The lowest BCUT2D eigenvalue weighted by molar-refractivity contribution is -0.150. The normalized spacial score (nSPS) is 14.0. The molecule has 0 saturated heterocycles. The van der Waals surface area contributed by atoms with Crippen LogP contribution in [0.25, 0.3) is 0 Å². The van der Waals surface area contributed by atoms with E-state index >= 15 is 0 Å². The van der Waals surface area contributed by atoms with Crippen molar-refractivity contribution in [1.29, 1.82) is 0 Å². The van der Waals surface area contributed by atoms with Gasteiger partial charge in [-0.2, -0.15) is 0 Å². The number of hydrogen-bond acceptors (Lipinski definition) is 8. The second kappa shape index (κ2) is 19.7. The van der Waals surface area contributed by atoms with Gasteiger partial charge in [-0.3, -0.25) is 19.2 Å². The number of benzene rings is 1. The lowest BCUT2D eigenvalue weighted by Crippen LogP contribution is -2.60. The topological polar surface area (TPSA) is 144 Å². The number of likely N-dealkylation sites (N-methyl/N-ethyl adjacent to an activating group) is 2. The first-order chi connectivity index (χ1) is 21.9. The maximum absolute atomic E-state index is 14.0. The predicted octanol–water partition coefficient (Wildman–Crippen LogP) is 4.08. The summed E-state index contributed by atoms with van der Waals surface area (Å²) in [6.07, 6.45) is 0.458. The molecule has 0 bridgehead atoms. The van der Waals surface area contributed by atoms with Gasteiger partial charge in [-0.25, -0.2) is 4.79 Å². The van der Waals surface area contributed by atoms with E-state index in [1.807, 2.05) is 58.0 Å². The Morgan fingerprint density at radius 1 is 0.894 bits per heavy atom. The van der Waals surface area contributed by atoms with Crippen LogP contribution in [-0.2, 0) is 40.0 Å². The zero-order chi connectivity index (χ0) is 35.9. The predicted molar refractivity (Wildman–Crippen MR) is 180 cm³/mol. The summed E-state index contributed by atoms with van der Waals surface area (Å²) in [6.45, 7) is 17.8. The van der Waals surface area contributed by atoms with E-state index in [1.54, 1.807) is 27.7 Å². The molecule has 0 aliphatic carbocycles. The van der Waals surface area contributed by atoms with Crippen molar-refractivity contribution in [1.82, 2.24) is 20.4 Å². The Hall–Kier alpha value is -3.93. The zero-order valence-corrected chi connectivity index (χ0v) is 29.8. The van der Waals surface area contributed by atoms with E-state index in [4.69, 9.17) is 14.2 Å². The molecule has 0 aromatic heterocycles. The van der Waals surface area contributed by atoms with Gasteiger partial charge in [-0.15, -0.1) is 0 Å². The zero-order valence-electron chi connectivity index (χ0n) is 29.8. The Bertz CT molecular complexity index is 1180. The number of nitrogens with one attached hydrogen (secondary N) is 2. The van der Waals surface area contributed by atoms with Gasteiger partial charge >= 0.3 is 12.1 Å². The monoisotopic (exact) mass is 660 g/mol. The standard InChI is InChI=1S/C35H56N4O8/c1-12-18-45-29(40)21-38(10)33(43)30(25(6)46-22-26-16-14-13-15-17-26)37-31(41)28(20-24(4)5)39(11)32(42)27(19-23(2)3)36-34(44)47-35(7,8)9/h12-17,23-25,27-28,30H,1,18-22H2,2-11H3,(H,36,44)(H,37,41)/t25-,27+,28+,30+/m1/s1. The Kier molecular flexibility index (Phi) is 17.2. The maximum Gasteiger partial charge on any atom is 0.408 e. The summed E-state index contributed by atoms with van der Waals surface area (Å²) in [7, 11) is 2.94. The van der Waals surface area contributed by atoms with E-state index in [9.17, 15) is 24.0 Å². The Morgan fingerprint density at radius 2 is 1.49 bits per heavy atom. The highest BCUT2D eigenvalue weighted by atomic mass is 16.6. The third-order valence-corrected chi connectivity index (χ3v) is 7.00. The fourth-order valence-corrected chi connectivity index (χ4v) is 4.66. The third kappa shape index (κ3) is 15.5. The number of ether oxygens (including phenoxy) is 3. The molecule has 1 rings (SSSR count). The molecular formula is C35H56N4O8. The molecule has 4 atom stereocenters. The molecule has 0 spiro atoms. The van der Waals surface area contributed by atoms with Gasteiger partial charge in [-0.05, 0) is 57.9 Å². The first-order valence-electron chi connectivity index (χ1n) is 16.1. The van der Waals surface area contributed by atoms with Crippen molar-refractivity contribution in [2.75, 3.05) is 27.2 Å². The molecule has 0 aliphatic rings. The van der Waals surface area contributed by atoms with Crippen LogP contribution in [0.4, 0.5) is 4.79 Å². The van der Waals surface area contributed by atoms with Crippen molar-refractivity contribution in [3.05, 3.63) is 48.6 Å². The fraction of sp³-hybridized carbons (Fsp3) is 0.629. The van der Waals surface area contributed by atoms with Crippen LogP contribution >= 0.6 is 0 Å². The van der Waals surface area contributed by atoms with Crippen molar-refractivity contribution < 1.29 is 38.2 Å². The number of esters is 1. The molecule has 264 valence electrons. The van der Waals surface area contributed by atoms with E-state index in [1.165, 1.54) is 25.1 Å². The summed E-state index contributed by atoms with van der Waals surface area (Å²) in [5.41, 5.74) is 0.104. The van der Waals surface area contributed by atoms with Crippen LogP contribution in [0.15, 0.2) is 43.0 Å². The first kappa shape index (κ1) is 41.1. The van der Waals surface area contributed by atoms with Gasteiger partial charge in [-0.1, -0.05) is 70.7 Å². The Balaban J connectivity index is 3.33. The molecule has 0 saturated carbocycles. The second-order valence-electron chi connectivity index (χ2n) is 13.6. The first-order valence-corrected chi connectivity index (χ1v) is 16.1. The summed E-state index contributed by atoms with van der Waals surface area (Å²) in [5, 5.41) is 5.49. The van der Waals surface area contributed by atoms with E-state index < -0.39 is 59.6 Å². The summed E-state index contributed by atoms with van der Waals surface area (Å²) in [4.78, 5) is 69.0. The summed E-state index contributed by atoms with van der Waals surface area (Å²) >= 11 is 0. The minimum atomic E-state index is -1.20. The third-order valence-electron chi connectivity index (χ3n) is 7.00. The van der Waals surface area contributed by atoms with Crippen LogP contribution in [0, 0.1) is 11.8 Å². The van der Waals surface area contributed by atoms with Crippen LogP contribution in [0.1, 0.15) is 73.8 Å². The quantitative estimate of drug-likeness (QED) is 0.177. The van der Waals surface area contributed by atoms with Gasteiger partial charge in [0.15, 0.2) is 0 Å². The number of nitrogens with zero attached hydrogens (tertiary/aromatic N) is 2. The highest BCUT2D eigenvalue weighted by molar-refractivity contribution is 5.94. The maximum atomic E-state index is 14.0. The molecule has 0 radical (unpaired) electrons. The largest absolute Gasteiger partial charge is 0.460 e. The van der Waals surface area contributed by atoms with Crippen molar-refractivity contribution in [2.45, 2.75) is 105 Å². The highest BCUT2D eigenvalue weighted by Gasteiger charge is 2.37. The minimum absolute atomic E-state index is 0.00451. The summed E-state index contributed by atoms with van der Waals surface area (Å²) < 4.78 is 16.5. The molecule has 12 heteroatoms. The van der Waals surface area contributed by atoms with Gasteiger partial charge in [0.1, 0.15) is 36.9 Å².